The Morgan fingerprint density at radius 1 is 0.562 bits per heavy atom. The lowest BCUT2D eigenvalue weighted by Gasteiger charge is -2.48. The molecule has 5 aliphatic heterocycles. The molecule has 0 bridgehead atoms. The van der Waals surface area contributed by atoms with Crippen LogP contribution in [0.4, 0.5) is 0 Å². The maximum absolute atomic E-state index is 13.9. The normalized spacial score (nSPS) is 42.5. The van der Waals surface area contributed by atoms with Gasteiger partial charge in [0.2, 0.25) is 0 Å². The summed E-state index contributed by atoms with van der Waals surface area (Å²) >= 11 is 0. The lowest BCUT2D eigenvalue weighted by atomic mass is 9.80. The number of allylic oxidation sites excluding steroid dienone is 8. The summed E-state index contributed by atoms with van der Waals surface area (Å²) < 4.78 is 49.6. The van der Waals surface area contributed by atoms with Crippen LogP contribution in [0.1, 0.15) is 160 Å². The first-order chi connectivity index (χ1) is 37.8. The number of cyclic esters (lactones) is 2. The number of ether oxygens (including phenoxy) is 8. The van der Waals surface area contributed by atoms with Gasteiger partial charge in [-0.05, 0) is 77.4 Å². The number of hydrogen-bond acceptors (Lipinski definition) is 18. The van der Waals surface area contributed by atoms with E-state index in [1.54, 1.807) is 39.8 Å². The molecule has 18 nitrogen and oxygen atoms in total. The molecule has 0 amide bonds. The average molecular weight is 1130 g/mol. The van der Waals surface area contributed by atoms with Gasteiger partial charge in [0.15, 0.2) is 24.2 Å². The van der Waals surface area contributed by atoms with Gasteiger partial charge in [-0.1, -0.05) is 104 Å². The van der Waals surface area contributed by atoms with E-state index >= 15 is 0 Å². The molecule has 18 heteroatoms. The summed E-state index contributed by atoms with van der Waals surface area (Å²) in [6.07, 6.45) is 6.90. The number of carbonyl (C=O) groups is 2. The van der Waals surface area contributed by atoms with Crippen molar-refractivity contribution in [2.24, 2.45) is 35.5 Å². The Kier molecular flexibility index (Phi) is 26.3. The SMILES string of the molecule is CCC1=C/C=C/C(CC)C(C(C)C(O)CC2(O)CC(OC3CC(O)C(O)C(C)O3)C(CC)C(C)O2)OC(=O)/C=C/C(CC)=C/C=C/C(CC)C(C(C)C(O)CC2(O)CC(OC3CC(O)C(O)C(C)O3)C(CC)C(C)O2)OC(=O)C=C1. The monoisotopic (exact) mass is 1130 g/mol. The van der Waals surface area contributed by atoms with Crippen LogP contribution in [-0.4, -0.2) is 162 Å². The Balaban J connectivity index is 1.37. The second-order valence-corrected chi connectivity index (χ2v) is 23.4. The van der Waals surface area contributed by atoms with Crippen LogP contribution in [0.15, 0.2) is 71.9 Å². The van der Waals surface area contributed by atoms with Gasteiger partial charge in [-0.2, -0.15) is 0 Å². The third-order valence-corrected chi connectivity index (χ3v) is 17.6. The predicted octanol–water partition coefficient (Wildman–Crippen LogP) is 7.08. The second-order valence-electron chi connectivity index (χ2n) is 23.4. The number of rotatable bonds is 18. The molecule has 0 saturated carbocycles. The van der Waals surface area contributed by atoms with Gasteiger partial charge in [0.25, 0.3) is 0 Å². The van der Waals surface area contributed by atoms with Crippen LogP contribution in [0.3, 0.4) is 0 Å². The minimum atomic E-state index is -1.83. The van der Waals surface area contributed by atoms with Crippen molar-refractivity contribution in [1.82, 2.24) is 0 Å². The van der Waals surface area contributed by atoms with Crippen molar-refractivity contribution in [3.63, 3.8) is 0 Å². The van der Waals surface area contributed by atoms with Crippen LogP contribution in [0, 0.1) is 35.5 Å². The summed E-state index contributed by atoms with van der Waals surface area (Å²) in [5.41, 5.74) is 1.55. The molecule has 0 aromatic carbocycles. The topological polar surface area (TPSA) is 270 Å². The minimum Gasteiger partial charge on any atom is -0.458 e. The maximum Gasteiger partial charge on any atom is 0.331 e. The molecule has 456 valence electrons. The van der Waals surface area contributed by atoms with Crippen molar-refractivity contribution < 1.29 is 88.3 Å². The van der Waals surface area contributed by atoms with Gasteiger partial charge in [0.1, 0.15) is 24.4 Å². The Hall–Kier alpha value is -3.18. The zero-order valence-corrected chi connectivity index (χ0v) is 49.6. The summed E-state index contributed by atoms with van der Waals surface area (Å²) in [5, 5.41) is 89.7. The molecule has 8 N–H and O–H groups in total. The van der Waals surface area contributed by atoms with E-state index < -0.39 is 145 Å². The number of aliphatic hydroxyl groups is 8. The fourth-order valence-corrected chi connectivity index (χ4v) is 12.4. The first-order valence-electron chi connectivity index (χ1n) is 29.8. The molecule has 0 radical (unpaired) electrons. The Labute approximate surface area is 475 Å². The third-order valence-electron chi connectivity index (χ3n) is 17.6. The average Bonchev–Trinajstić information content (AvgIpc) is 3.39. The smallest absolute Gasteiger partial charge is 0.331 e. The summed E-state index contributed by atoms with van der Waals surface area (Å²) in [5.74, 6) is -7.44. The van der Waals surface area contributed by atoms with Gasteiger partial charge < -0.3 is 78.7 Å². The lowest BCUT2D eigenvalue weighted by molar-refractivity contribution is -0.331. The van der Waals surface area contributed by atoms with Crippen molar-refractivity contribution in [3.8, 4) is 0 Å². The van der Waals surface area contributed by atoms with E-state index in [2.05, 4.69) is 0 Å². The molecule has 80 heavy (non-hydrogen) atoms. The van der Waals surface area contributed by atoms with Gasteiger partial charge >= 0.3 is 11.9 Å². The second kappa shape index (κ2) is 31.1. The highest BCUT2D eigenvalue weighted by atomic mass is 16.7. The molecule has 24 unspecified atom stereocenters. The van der Waals surface area contributed by atoms with Crippen molar-refractivity contribution in [2.75, 3.05) is 0 Å². The van der Waals surface area contributed by atoms with Crippen molar-refractivity contribution in [2.45, 2.75) is 270 Å². The molecule has 4 saturated heterocycles. The number of esters is 2. The fraction of sp³-hybridized carbons (Fsp3) is 0.774. The van der Waals surface area contributed by atoms with Crippen LogP contribution < -0.4 is 0 Å². The zero-order valence-electron chi connectivity index (χ0n) is 49.6. The van der Waals surface area contributed by atoms with Crippen LogP contribution >= 0.6 is 0 Å². The Morgan fingerprint density at radius 2 is 0.925 bits per heavy atom. The van der Waals surface area contributed by atoms with Crippen molar-refractivity contribution in [1.29, 1.82) is 0 Å². The molecule has 0 aromatic rings. The molecular formula is C62H100O18. The Bertz CT molecular complexity index is 1950. The zero-order chi connectivity index (χ0) is 59.2. The highest BCUT2D eigenvalue weighted by molar-refractivity contribution is 5.83. The molecule has 4 fully saturated rings. The summed E-state index contributed by atoms with van der Waals surface area (Å²) in [7, 11) is 0. The summed E-state index contributed by atoms with van der Waals surface area (Å²) in [6.45, 7) is 22.3. The Morgan fingerprint density at radius 3 is 1.24 bits per heavy atom. The van der Waals surface area contributed by atoms with E-state index in [1.165, 1.54) is 12.2 Å². The molecule has 0 aromatic heterocycles. The van der Waals surface area contributed by atoms with Gasteiger partial charge in [-0.3, -0.25) is 0 Å². The van der Waals surface area contributed by atoms with E-state index in [1.807, 2.05) is 91.8 Å². The number of carbonyl (C=O) groups excluding carboxylic acids is 2. The largest absolute Gasteiger partial charge is 0.458 e. The maximum atomic E-state index is 13.9. The highest BCUT2D eigenvalue weighted by Crippen LogP contribution is 2.43. The fourth-order valence-electron chi connectivity index (χ4n) is 12.4. The van der Waals surface area contributed by atoms with Crippen molar-refractivity contribution in [3.05, 3.63) is 71.9 Å². The highest BCUT2D eigenvalue weighted by Gasteiger charge is 2.51. The van der Waals surface area contributed by atoms with Crippen LogP contribution in [0.5, 0.6) is 0 Å². The van der Waals surface area contributed by atoms with Gasteiger partial charge in [0.05, 0.1) is 61.0 Å². The lowest BCUT2D eigenvalue weighted by Crippen LogP contribution is -2.56. The molecule has 5 aliphatic rings. The third kappa shape index (κ3) is 18.4. The van der Waals surface area contributed by atoms with E-state index in [4.69, 9.17) is 37.9 Å². The van der Waals surface area contributed by atoms with E-state index in [0.29, 0.717) is 38.5 Å². The van der Waals surface area contributed by atoms with Crippen LogP contribution in [-0.2, 0) is 47.5 Å². The molecular weight excluding hydrogens is 1030 g/mol. The van der Waals surface area contributed by atoms with E-state index in [0.717, 1.165) is 11.1 Å². The van der Waals surface area contributed by atoms with Crippen molar-refractivity contribution >= 4 is 11.9 Å². The van der Waals surface area contributed by atoms with Crippen LogP contribution in [0.25, 0.3) is 0 Å². The van der Waals surface area contributed by atoms with E-state index in [9.17, 15) is 50.4 Å². The number of hydrogen-bond donors (Lipinski definition) is 8. The summed E-state index contributed by atoms with van der Waals surface area (Å²) in [6, 6.07) is 0. The minimum absolute atomic E-state index is 0.00199. The standard InChI is InChI=1S/C62H100O18/c1-13-41-21-19-23-43(15-3)59(35(7)49(65)31-61(71)33-51(45(17-5)37(9)79-61)75-55-29-47(63)57(69)39(11)73-55)78-54(68)28-26-42(14-2)22-20-24-44(16-4)60(77-53(67)27-25-41)36(8)50(66)32-62(72)34-52(46(18-6)38(10)80-62)76-56-30-48(64)58(70)40(12)74-56/h19-28,35-40,43-52,55-60,63-66,69-72H,13-18,29-34H2,1-12H3/b23-19+,24-20+,27-25+,28-26?,41-21+,42-22?. The van der Waals surface area contributed by atoms with Gasteiger partial charge in [0, 0.05) is 86.2 Å². The van der Waals surface area contributed by atoms with Crippen LogP contribution in [0.2, 0.25) is 0 Å². The first-order valence-corrected chi connectivity index (χ1v) is 29.8. The molecule has 24 atom stereocenters. The van der Waals surface area contributed by atoms with Gasteiger partial charge in [-0.25, -0.2) is 9.59 Å². The molecule has 5 heterocycles. The summed E-state index contributed by atoms with van der Waals surface area (Å²) in [4.78, 5) is 27.8. The molecule has 0 spiro atoms. The molecule has 0 aliphatic carbocycles. The number of aliphatic hydroxyl groups excluding tert-OH is 6. The molecule has 5 rings (SSSR count). The quantitative estimate of drug-likeness (QED) is 0.0637. The predicted molar refractivity (Wildman–Crippen MR) is 300 cm³/mol. The first kappa shape index (κ1) is 67.6. The van der Waals surface area contributed by atoms with E-state index in [-0.39, 0.29) is 50.4 Å². The van der Waals surface area contributed by atoms with Gasteiger partial charge in [-0.15, -0.1) is 0 Å².